The van der Waals surface area contributed by atoms with E-state index in [1.54, 1.807) is 0 Å². The van der Waals surface area contributed by atoms with Crippen LogP contribution in [0.2, 0.25) is 0 Å². The van der Waals surface area contributed by atoms with E-state index >= 15 is 0 Å². The molecule has 0 amide bonds. The lowest BCUT2D eigenvalue weighted by Gasteiger charge is -2.29. The van der Waals surface area contributed by atoms with Crippen LogP contribution in [-0.2, 0) is 26.6 Å². The van der Waals surface area contributed by atoms with Crippen LogP contribution in [0.3, 0.4) is 0 Å². The summed E-state index contributed by atoms with van der Waals surface area (Å²) in [6.45, 7) is 11.1. The van der Waals surface area contributed by atoms with E-state index in [0.717, 1.165) is 74.4 Å². The van der Waals surface area contributed by atoms with E-state index in [9.17, 15) is 0 Å². The third-order valence-electron chi connectivity index (χ3n) is 6.38. The summed E-state index contributed by atoms with van der Waals surface area (Å²) >= 11 is 1.81. The molecule has 32 heavy (non-hydrogen) atoms. The molecule has 0 unspecified atom stereocenters. The minimum Gasteiger partial charge on any atom is -0.305 e. The Morgan fingerprint density at radius 3 is 2.59 bits per heavy atom. The van der Waals surface area contributed by atoms with Gasteiger partial charge in [-0.15, -0.1) is 10.2 Å². The van der Waals surface area contributed by atoms with Crippen LogP contribution in [0.15, 0.2) is 53.7 Å². The predicted octanol–water partition coefficient (Wildman–Crippen LogP) is 4.86. The van der Waals surface area contributed by atoms with Gasteiger partial charge in [0.2, 0.25) is 0 Å². The highest BCUT2D eigenvalue weighted by molar-refractivity contribution is 7.99. The number of rotatable bonds is 10. The van der Waals surface area contributed by atoms with Gasteiger partial charge in [0.1, 0.15) is 0 Å². The highest BCUT2D eigenvalue weighted by atomic mass is 32.2. The van der Waals surface area contributed by atoms with Crippen molar-refractivity contribution in [1.29, 1.82) is 0 Å². The van der Waals surface area contributed by atoms with Gasteiger partial charge in [0.25, 0.3) is 0 Å². The van der Waals surface area contributed by atoms with Crippen molar-refractivity contribution in [2.75, 3.05) is 31.9 Å². The SMILES string of the molecule is CCN(CC)Cc1ccc2c(c1)CN(CCCSc1nnc(-c3ccccc3)n1C)CC2. The maximum Gasteiger partial charge on any atom is 0.191 e. The Labute approximate surface area is 196 Å². The molecule has 170 valence electrons. The molecular formula is C26H35N5S. The molecule has 0 atom stereocenters. The Kier molecular flexibility index (Phi) is 8.00. The molecule has 1 aromatic heterocycles. The van der Waals surface area contributed by atoms with E-state index in [0.29, 0.717) is 0 Å². The first-order valence-corrected chi connectivity index (χ1v) is 12.8. The number of hydrogen-bond acceptors (Lipinski definition) is 5. The average Bonchev–Trinajstić information content (AvgIpc) is 3.20. The first-order chi connectivity index (χ1) is 15.7. The van der Waals surface area contributed by atoms with Gasteiger partial charge in [-0.05, 0) is 49.2 Å². The fraction of sp³-hybridized carbons (Fsp3) is 0.462. The summed E-state index contributed by atoms with van der Waals surface area (Å²) in [6.07, 6.45) is 2.32. The van der Waals surface area contributed by atoms with Crippen molar-refractivity contribution in [3.05, 3.63) is 65.2 Å². The van der Waals surface area contributed by atoms with Crippen LogP contribution in [0, 0.1) is 0 Å². The van der Waals surface area contributed by atoms with Gasteiger partial charge in [0.15, 0.2) is 11.0 Å². The lowest BCUT2D eigenvalue weighted by molar-refractivity contribution is 0.254. The highest BCUT2D eigenvalue weighted by Gasteiger charge is 2.17. The van der Waals surface area contributed by atoms with Crippen molar-refractivity contribution in [1.82, 2.24) is 24.6 Å². The second-order valence-electron chi connectivity index (χ2n) is 8.52. The van der Waals surface area contributed by atoms with Gasteiger partial charge in [0.05, 0.1) is 0 Å². The van der Waals surface area contributed by atoms with Crippen LogP contribution in [0.5, 0.6) is 0 Å². The van der Waals surface area contributed by atoms with Gasteiger partial charge in [0, 0.05) is 38.0 Å². The number of nitrogens with zero attached hydrogens (tertiary/aromatic N) is 5. The molecule has 4 rings (SSSR count). The zero-order chi connectivity index (χ0) is 22.3. The quantitative estimate of drug-likeness (QED) is 0.326. The molecule has 0 radical (unpaired) electrons. The van der Waals surface area contributed by atoms with Crippen LogP contribution in [0.4, 0.5) is 0 Å². The minimum absolute atomic E-state index is 0.932. The molecule has 3 aromatic rings. The molecular weight excluding hydrogens is 414 g/mol. The summed E-state index contributed by atoms with van der Waals surface area (Å²) in [4.78, 5) is 5.09. The number of fused-ring (bicyclic) bond motifs is 1. The van der Waals surface area contributed by atoms with Crippen LogP contribution in [0.1, 0.15) is 37.0 Å². The van der Waals surface area contributed by atoms with Crippen molar-refractivity contribution < 1.29 is 0 Å². The van der Waals surface area contributed by atoms with E-state index in [2.05, 4.69) is 75.8 Å². The van der Waals surface area contributed by atoms with Crippen LogP contribution >= 0.6 is 11.8 Å². The van der Waals surface area contributed by atoms with Crippen LogP contribution in [-0.4, -0.2) is 56.5 Å². The van der Waals surface area contributed by atoms with E-state index in [1.807, 2.05) is 30.0 Å². The average molecular weight is 450 g/mol. The molecule has 2 heterocycles. The number of thioether (sulfide) groups is 1. The van der Waals surface area contributed by atoms with Crippen molar-refractivity contribution in [3.63, 3.8) is 0 Å². The molecule has 0 fully saturated rings. The zero-order valence-corrected chi connectivity index (χ0v) is 20.4. The van der Waals surface area contributed by atoms with Crippen LogP contribution < -0.4 is 0 Å². The fourth-order valence-electron chi connectivity index (χ4n) is 4.39. The fourth-order valence-corrected chi connectivity index (χ4v) is 5.23. The number of benzene rings is 2. The summed E-state index contributed by atoms with van der Waals surface area (Å²) in [6, 6.07) is 17.4. The molecule has 5 nitrogen and oxygen atoms in total. The van der Waals surface area contributed by atoms with E-state index < -0.39 is 0 Å². The smallest absolute Gasteiger partial charge is 0.191 e. The Hall–Kier alpha value is -2.15. The molecule has 1 aliphatic rings. The van der Waals surface area contributed by atoms with Crippen molar-refractivity contribution >= 4 is 11.8 Å². The molecule has 0 saturated carbocycles. The lowest BCUT2D eigenvalue weighted by atomic mass is 9.97. The standard InChI is InChI=1S/C26H35N5S/c1-4-30(5-2)19-21-12-13-22-14-16-31(20-24(22)18-21)15-9-17-32-26-28-27-25(29(26)3)23-10-7-6-8-11-23/h6-8,10-13,18H,4-5,9,14-17,19-20H2,1-3H3. The van der Waals surface area contributed by atoms with E-state index in [1.165, 1.54) is 16.7 Å². The van der Waals surface area contributed by atoms with Gasteiger partial charge in [-0.25, -0.2) is 0 Å². The van der Waals surface area contributed by atoms with Gasteiger partial charge >= 0.3 is 0 Å². The predicted molar refractivity (Wildman–Crippen MR) is 134 cm³/mol. The molecule has 2 aromatic carbocycles. The minimum atomic E-state index is 0.932. The monoisotopic (exact) mass is 449 g/mol. The molecule has 0 spiro atoms. The normalized spacial score (nSPS) is 14.1. The summed E-state index contributed by atoms with van der Waals surface area (Å²) < 4.78 is 2.11. The van der Waals surface area contributed by atoms with E-state index in [4.69, 9.17) is 0 Å². The van der Waals surface area contributed by atoms with Gasteiger partial charge in [-0.2, -0.15) is 0 Å². The Morgan fingerprint density at radius 1 is 1.00 bits per heavy atom. The molecule has 0 saturated heterocycles. The van der Waals surface area contributed by atoms with Crippen molar-refractivity contribution in [2.24, 2.45) is 7.05 Å². The third kappa shape index (κ3) is 5.61. The maximum absolute atomic E-state index is 4.41. The second kappa shape index (κ2) is 11.1. The molecule has 0 N–H and O–H groups in total. The summed E-state index contributed by atoms with van der Waals surface area (Å²) in [7, 11) is 2.06. The Balaban J connectivity index is 1.27. The molecule has 1 aliphatic heterocycles. The topological polar surface area (TPSA) is 37.2 Å². The summed E-state index contributed by atoms with van der Waals surface area (Å²) in [5, 5.41) is 9.80. The van der Waals surface area contributed by atoms with Crippen molar-refractivity contribution in [3.8, 4) is 11.4 Å². The van der Waals surface area contributed by atoms with Crippen LogP contribution in [0.25, 0.3) is 11.4 Å². The highest BCUT2D eigenvalue weighted by Crippen LogP contribution is 2.24. The molecule has 0 bridgehead atoms. The van der Waals surface area contributed by atoms with Gasteiger partial charge in [-0.3, -0.25) is 9.80 Å². The zero-order valence-electron chi connectivity index (χ0n) is 19.6. The first kappa shape index (κ1) is 23.0. The summed E-state index contributed by atoms with van der Waals surface area (Å²) in [5.74, 6) is 1.99. The van der Waals surface area contributed by atoms with Gasteiger partial charge < -0.3 is 4.57 Å². The van der Waals surface area contributed by atoms with E-state index in [-0.39, 0.29) is 0 Å². The largest absolute Gasteiger partial charge is 0.305 e. The maximum atomic E-state index is 4.41. The first-order valence-electron chi connectivity index (χ1n) is 11.8. The van der Waals surface area contributed by atoms with Gasteiger partial charge in [-0.1, -0.05) is 74.1 Å². The Morgan fingerprint density at radius 2 is 1.81 bits per heavy atom. The van der Waals surface area contributed by atoms with Crippen molar-refractivity contribution in [2.45, 2.75) is 44.9 Å². The third-order valence-corrected chi connectivity index (χ3v) is 7.49. The number of aromatic nitrogens is 3. The molecule has 0 aliphatic carbocycles. The Bertz CT molecular complexity index is 997. The second-order valence-corrected chi connectivity index (χ2v) is 9.59. The summed E-state index contributed by atoms with van der Waals surface area (Å²) in [5.41, 5.74) is 5.61. The lowest BCUT2D eigenvalue weighted by Crippen LogP contribution is -2.32. The number of hydrogen-bond donors (Lipinski definition) is 0. The molecule has 6 heteroatoms.